The van der Waals surface area contributed by atoms with Crippen molar-refractivity contribution in [2.24, 2.45) is 0 Å². The molecular weight excluding hydrogens is 540 g/mol. The van der Waals surface area contributed by atoms with Crippen LogP contribution in [0.3, 0.4) is 0 Å². The molecule has 0 bridgehead atoms. The van der Waals surface area contributed by atoms with Crippen LogP contribution in [-0.2, 0) is 0 Å². The molecule has 0 aromatic heterocycles. The van der Waals surface area contributed by atoms with Crippen molar-refractivity contribution in [2.75, 3.05) is 11.5 Å². The molecule has 0 saturated carbocycles. The first kappa shape index (κ1) is 31.5. The minimum absolute atomic E-state index is 0.213. The van der Waals surface area contributed by atoms with Gasteiger partial charge in [-0.1, -0.05) is 59.7 Å². The summed E-state index contributed by atoms with van der Waals surface area (Å²) in [7, 11) is 0. The lowest BCUT2D eigenvalue weighted by atomic mass is 9.78. The van der Waals surface area contributed by atoms with Crippen molar-refractivity contribution in [3.05, 3.63) is 115 Å². The van der Waals surface area contributed by atoms with E-state index in [2.05, 4.69) is 132 Å². The summed E-state index contributed by atoms with van der Waals surface area (Å²) in [6.07, 6.45) is 0. The number of benzene rings is 4. The largest absolute Gasteiger partial charge is 0.486 e. The van der Waals surface area contributed by atoms with Crippen LogP contribution >= 0.6 is 0 Å². The van der Waals surface area contributed by atoms with E-state index < -0.39 is 0 Å². The third-order valence-corrected chi connectivity index (χ3v) is 10.2. The molecule has 0 spiro atoms. The van der Waals surface area contributed by atoms with E-state index in [0.29, 0.717) is 0 Å². The summed E-state index contributed by atoms with van der Waals surface area (Å²) in [5.74, 6) is 2.48. The molecule has 4 heteroatoms. The maximum atomic E-state index is 6.38. The Morgan fingerprint density at radius 2 is 0.750 bits per heavy atom. The van der Waals surface area contributed by atoms with Gasteiger partial charge in [0.25, 0.3) is 0 Å². The molecule has 0 amide bonds. The van der Waals surface area contributed by atoms with E-state index in [9.17, 15) is 0 Å². The zero-order valence-electron chi connectivity index (χ0n) is 28.7. The first-order chi connectivity index (χ1) is 20.5. The van der Waals surface area contributed by atoms with Crippen LogP contribution < -0.4 is 20.9 Å². The summed E-state index contributed by atoms with van der Waals surface area (Å²) in [6.45, 7) is 25.5. The topological polar surface area (TPSA) is 70.5 Å². The summed E-state index contributed by atoms with van der Waals surface area (Å²) in [4.78, 5) is 0. The second-order valence-electron chi connectivity index (χ2n) is 14.2. The van der Waals surface area contributed by atoms with Crippen molar-refractivity contribution in [1.82, 2.24) is 0 Å². The highest BCUT2D eigenvalue weighted by atomic mass is 16.5. The van der Waals surface area contributed by atoms with Gasteiger partial charge >= 0.3 is 0 Å². The van der Waals surface area contributed by atoms with Gasteiger partial charge in [-0.25, -0.2) is 0 Å². The van der Waals surface area contributed by atoms with Gasteiger partial charge in [0.2, 0.25) is 0 Å². The molecule has 0 saturated heterocycles. The molecule has 2 unspecified atom stereocenters. The molecular formula is C40H50N2O2. The number of anilines is 2. The van der Waals surface area contributed by atoms with Crippen molar-refractivity contribution in [2.45, 2.75) is 106 Å². The molecule has 4 aromatic carbocycles. The molecule has 44 heavy (non-hydrogen) atoms. The zero-order chi connectivity index (χ0) is 32.5. The van der Waals surface area contributed by atoms with Gasteiger partial charge < -0.3 is 20.9 Å². The van der Waals surface area contributed by atoms with E-state index in [4.69, 9.17) is 20.9 Å². The van der Waals surface area contributed by atoms with Gasteiger partial charge in [0, 0.05) is 22.5 Å². The quantitative estimate of drug-likeness (QED) is 0.228. The highest BCUT2D eigenvalue weighted by Gasteiger charge is 2.45. The Kier molecular flexibility index (Phi) is 7.81. The third-order valence-electron chi connectivity index (χ3n) is 10.2. The zero-order valence-corrected chi connectivity index (χ0v) is 28.7. The number of nitrogen functional groups attached to an aromatic ring is 2. The number of aryl methyl sites for hydroxylation is 2. The number of hydrogen-bond acceptors (Lipinski definition) is 4. The molecule has 0 aliphatic carbocycles. The molecule has 4 nitrogen and oxygen atoms in total. The van der Waals surface area contributed by atoms with E-state index in [0.717, 1.165) is 45.1 Å². The van der Waals surface area contributed by atoms with E-state index in [-0.39, 0.29) is 23.0 Å². The van der Waals surface area contributed by atoms with E-state index in [1.807, 2.05) is 0 Å². The van der Waals surface area contributed by atoms with Crippen LogP contribution in [0.5, 0.6) is 11.5 Å². The van der Waals surface area contributed by atoms with Crippen LogP contribution in [0.4, 0.5) is 11.4 Å². The summed E-state index contributed by atoms with van der Waals surface area (Å²) < 4.78 is 12.8. The SMILES string of the molecule is Cc1ccc(C2c3c(C)c(N)c(C)c(C)c3OC2(C)C)cc1.Cc1ccc(C2c3c(C)c(N)c(C)c(C)c3OC2(C)C)cc1. The Labute approximate surface area is 264 Å². The lowest BCUT2D eigenvalue weighted by Crippen LogP contribution is -2.31. The monoisotopic (exact) mass is 590 g/mol. The number of hydrogen-bond donors (Lipinski definition) is 2. The fraction of sp³-hybridized carbons (Fsp3) is 0.400. The van der Waals surface area contributed by atoms with E-state index in [1.54, 1.807) is 0 Å². The van der Waals surface area contributed by atoms with Crippen molar-refractivity contribution in [3.63, 3.8) is 0 Å². The van der Waals surface area contributed by atoms with Gasteiger partial charge in [0.15, 0.2) is 0 Å². The second kappa shape index (κ2) is 10.9. The van der Waals surface area contributed by atoms with Crippen LogP contribution in [-0.4, -0.2) is 11.2 Å². The lowest BCUT2D eigenvalue weighted by molar-refractivity contribution is 0.121. The Morgan fingerprint density at radius 1 is 0.455 bits per heavy atom. The Hall–Kier alpha value is -3.92. The smallest absolute Gasteiger partial charge is 0.127 e. The highest BCUT2D eigenvalue weighted by Crippen LogP contribution is 2.54. The molecule has 6 rings (SSSR count). The summed E-state index contributed by atoms with van der Waals surface area (Å²) in [6, 6.07) is 17.5. The molecule has 2 aliphatic heterocycles. The van der Waals surface area contributed by atoms with Crippen LogP contribution in [0.15, 0.2) is 48.5 Å². The van der Waals surface area contributed by atoms with Crippen molar-refractivity contribution in [3.8, 4) is 11.5 Å². The molecule has 232 valence electrons. The van der Waals surface area contributed by atoms with Gasteiger partial charge in [-0.3, -0.25) is 0 Å². The van der Waals surface area contributed by atoms with Crippen molar-refractivity contribution in [1.29, 1.82) is 0 Å². The first-order valence-corrected chi connectivity index (χ1v) is 15.8. The predicted octanol–water partition coefficient (Wildman–Crippen LogP) is 9.61. The second-order valence-corrected chi connectivity index (χ2v) is 14.2. The average molecular weight is 591 g/mol. The maximum absolute atomic E-state index is 6.38. The minimum Gasteiger partial charge on any atom is -0.486 e. The van der Waals surface area contributed by atoms with E-state index in [1.165, 1.54) is 44.5 Å². The highest BCUT2D eigenvalue weighted by molar-refractivity contribution is 5.70. The Balaban J connectivity index is 0.000000175. The van der Waals surface area contributed by atoms with Gasteiger partial charge in [0.05, 0.1) is 11.8 Å². The van der Waals surface area contributed by atoms with Crippen LogP contribution in [0.2, 0.25) is 0 Å². The number of ether oxygens (including phenoxy) is 2. The molecule has 2 aliphatic rings. The summed E-state index contributed by atoms with van der Waals surface area (Å²) in [5, 5.41) is 0. The third kappa shape index (κ3) is 5.02. The Morgan fingerprint density at radius 3 is 1.05 bits per heavy atom. The average Bonchev–Trinajstić information content (AvgIpc) is 3.43. The molecule has 2 heterocycles. The number of nitrogens with two attached hydrogens (primary N) is 2. The minimum atomic E-state index is -0.270. The van der Waals surface area contributed by atoms with Crippen LogP contribution in [0.1, 0.15) is 106 Å². The number of fused-ring (bicyclic) bond motifs is 2. The molecule has 0 fully saturated rings. The molecule has 4 aromatic rings. The summed E-state index contributed by atoms with van der Waals surface area (Å²) >= 11 is 0. The normalized spacial score (nSPS) is 18.9. The van der Waals surface area contributed by atoms with Crippen LogP contribution in [0, 0.1) is 55.4 Å². The number of rotatable bonds is 2. The molecule has 2 atom stereocenters. The van der Waals surface area contributed by atoms with Crippen molar-refractivity contribution >= 4 is 11.4 Å². The molecule has 0 radical (unpaired) electrons. The Bertz CT molecular complexity index is 1610. The predicted molar refractivity (Wildman–Crippen MR) is 186 cm³/mol. The van der Waals surface area contributed by atoms with Crippen LogP contribution in [0.25, 0.3) is 0 Å². The van der Waals surface area contributed by atoms with Gasteiger partial charge in [-0.05, 0) is 128 Å². The molecule has 4 N–H and O–H groups in total. The standard InChI is InChI=1S/2C20H25NO/c2*1-11-7-9-15(10-8-11)17-16-14(4)18(21)12(2)13(3)19(16)22-20(17,5)6/h2*7-10,17H,21H2,1-6H3. The summed E-state index contributed by atoms with van der Waals surface area (Å²) in [5.41, 5.74) is 28.5. The lowest BCUT2D eigenvalue weighted by Gasteiger charge is -2.27. The van der Waals surface area contributed by atoms with Gasteiger partial charge in [-0.15, -0.1) is 0 Å². The van der Waals surface area contributed by atoms with Crippen molar-refractivity contribution < 1.29 is 9.47 Å². The first-order valence-electron chi connectivity index (χ1n) is 15.8. The fourth-order valence-corrected chi connectivity index (χ4v) is 7.29. The van der Waals surface area contributed by atoms with Gasteiger partial charge in [-0.2, -0.15) is 0 Å². The maximum Gasteiger partial charge on any atom is 0.127 e. The van der Waals surface area contributed by atoms with E-state index >= 15 is 0 Å². The van der Waals surface area contributed by atoms with Gasteiger partial charge in [0.1, 0.15) is 22.7 Å². The fourth-order valence-electron chi connectivity index (χ4n) is 7.29.